The molecule has 0 fully saturated rings. The Labute approximate surface area is 151 Å². The van der Waals surface area contributed by atoms with Crippen LogP contribution in [0.3, 0.4) is 0 Å². The number of primary amides is 1. The summed E-state index contributed by atoms with van der Waals surface area (Å²) in [7, 11) is 0. The van der Waals surface area contributed by atoms with Crippen molar-refractivity contribution in [2.24, 2.45) is 5.73 Å². The summed E-state index contributed by atoms with van der Waals surface area (Å²) in [5, 5.41) is 3.24. The van der Waals surface area contributed by atoms with Crippen molar-refractivity contribution in [1.29, 1.82) is 0 Å². The fraction of sp³-hybridized carbons (Fsp3) is 0.100. The second-order valence-electron chi connectivity index (χ2n) is 5.46. The van der Waals surface area contributed by atoms with Gasteiger partial charge in [0.2, 0.25) is 5.91 Å². The number of carbonyl (C=O) groups excluding carboxylic acids is 2. The maximum absolute atomic E-state index is 12.4. The molecule has 1 aromatic heterocycles. The molecule has 1 aromatic carbocycles. The average molecular weight is 352 g/mol. The molecule has 0 atom stereocenters. The third kappa shape index (κ3) is 3.95. The summed E-state index contributed by atoms with van der Waals surface area (Å²) in [5.74, 6) is -0.790. The predicted molar refractivity (Wildman–Crippen MR) is 107 cm³/mol. The Morgan fingerprint density at radius 1 is 1.16 bits per heavy atom. The van der Waals surface area contributed by atoms with Crippen LogP contribution in [0, 0.1) is 6.92 Å². The second kappa shape index (κ2) is 7.77. The lowest BCUT2D eigenvalue weighted by Crippen LogP contribution is -2.18. The van der Waals surface area contributed by atoms with Gasteiger partial charge in [-0.25, -0.2) is 0 Å². The number of amides is 2. The molecular weight excluding hydrogens is 332 g/mol. The SMILES string of the molecule is C=Cc1ccc(CC(=O)Nc2sc(C=C)c(C)c2C(N)=O)cc1C=C. The molecule has 0 aliphatic rings. The van der Waals surface area contributed by atoms with Gasteiger partial charge in [-0.1, -0.05) is 56.2 Å². The van der Waals surface area contributed by atoms with Crippen LogP contribution in [0.15, 0.2) is 37.9 Å². The quantitative estimate of drug-likeness (QED) is 0.781. The maximum atomic E-state index is 12.4. The van der Waals surface area contributed by atoms with Crippen molar-refractivity contribution in [2.75, 3.05) is 5.32 Å². The van der Waals surface area contributed by atoms with E-state index in [1.807, 2.05) is 18.2 Å². The van der Waals surface area contributed by atoms with Gasteiger partial charge in [0.05, 0.1) is 12.0 Å². The highest BCUT2D eigenvalue weighted by molar-refractivity contribution is 7.17. The summed E-state index contributed by atoms with van der Waals surface area (Å²) < 4.78 is 0. The van der Waals surface area contributed by atoms with Crippen molar-refractivity contribution >= 4 is 46.4 Å². The lowest BCUT2D eigenvalue weighted by atomic mass is 10.0. The number of rotatable bonds is 7. The monoisotopic (exact) mass is 352 g/mol. The molecule has 25 heavy (non-hydrogen) atoms. The van der Waals surface area contributed by atoms with Gasteiger partial charge in [-0.05, 0) is 29.2 Å². The van der Waals surface area contributed by atoms with E-state index in [1.54, 1.807) is 25.2 Å². The Balaban J connectivity index is 2.24. The molecule has 2 amide bonds. The summed E-state index contributed by atoms with van der Waals surface area (Å²) in [4.78, 5) is 24.9. The molecule has 2 aromatic rings. The molecule has 3 N–H and O–H groups in total. The fourth-order valence-corrected chi connectivity index (χ4v) is 3.64. The van der Waals surface area contributed by atoms with E-state index in [0.717, 1.165) is 27.1 Å². The molecule has 4 nitrogen and oxygen atoms in total. The van der Waals surface area contributed by atoms with Crippen LogP contribution >= 0.6 is 11.3 Å². The molecule has 0 spiro atoms. The largest absolute Gasteiger partial charge is 0.365 e. The van der Waals surface area contributed by atoms with Gasteiger partial charge in [0.25, 0.3) is 5.91 Å². The van der Waals surface area contributed by atoms with E-state index in [-0.39, 0.29) is 12.3 Å². The minimum absolute atomic E-state index is 0.177. The first-order chi connectivity index (χ1) is 11.9. The molecule has 0 aliphatic heterocycles. The van der Waals surface area contributed by atoms with Crippen molar-refractivity contribution < 1.29 is 9.59 Å². The Hall–Kier alpha value is -2.92. The number of nitrogens with one attached hydrogen (secondary N) is 1. The molecule has 2 rings (SSSR count). The Bertz CT molecular complexity index is 878. The molecule has 0 bridgehead atoms. The lowest BCUT2D eigenvalue weighted by molar-refractivity contribution is -0.115. The molecular formula is C20H20N2O2S. The van der Waals surface area contributed by atoms with Crippen LogP contribution < -0.4 is 11.1 Å². The number of hydrogen-bond acceptors (Lipinski definition) is 3. The van der Waals surface area contributed by atoms with Gasteiger partial charge in [0, 0.05) is 4.88 Å². The van der Waals surface area contributed by atoms with Crippen LogP contribution in [-0.2, 0) is 11.2 Å². The van der Waals surface area contributed by atoms with E-state index in [9.17, 15) is 9.59 Å². The predicted octanol–water partition coefficient (Wildman–Crippen LogP) is 4.27. The van der Waals surface area contributed by atoms with Crippen molar-refractivity contribution in [1.82, 2.24) is 0 Å². The molecule has 1 heterocycles. The molecule has 128 valence electrons. The van der Waals surface area contributed by atoms with Crippen molar-refractivity contribution in [2.45, 2.75) is 13.3 Å². The fourth-order valence-electron chi connectivity index (χ4n) is 2.56. The number of hydrogen-bond donors (Lipinski definition) is 2. The highest BCUT2D eigenvalue weighted by atomic mass is 32.1. The van der Waals surface area contributed by atoms with Gasteiger partial charge in [-0.3, -0.25) is 9.59 Å². The minimum Gasteiger partial charge on any atom is -0.365 e. The van der Waals surface area contributed by atoms with Crippen LogP contribution in [0.2, 0.25) is 0 Å². The first-order valence-corrected chi connectivity index (χ1v) is 8.46. The zero-order chi connectivity index (χ0) is 18.6. The molecule has 0 saturated carbocycles. The third-order valence-electron chi connectivity index (χ3n) is 3.82. The summed E-state index contributed by atoms with van der Waals surface area (Å²) in [5.41, 5.74) is 9.22. The molecule has 0 saturated heterocycles. The van der Waals surface area contributed by atoms with E-state index >= 15 is 0 Å². The van der Waals surface area contributed by atoms with Gasteiger partial charge < -0.3 is 11.1 Å². The van der Waals surface area contributed by atoms with Gasteiger partial charge >= 0.3 is 0 Å². The molecule has 0 unspecified atom stereocenters. The van der Waals surface area contributed by atoms with E-state index in [1.165, 1.54) is 11.3 Å². The van der Waals surface area contributed by atoms with Crippen molar-refractivity contribution in [3.8, 4) is 0 Å². The number of nitrogens with two attached hydrogens (primary N) is 1. The number of benzene rings is 1. The molecule has 0 radical (unpaired) electrons. The lowest BCUT2D eigenvalue weighted by Gasteiger charge is -2.07. The number of thiophene rings is 1. The van der Waals surface area contributed by atoms with Gasteiger partial charge in [0.1, 0.15) is 5.00 Å². The van der Waals surface area contributed by atoms with Gasteiger partial charge in [-0.2, -0.15) is 0 Å². The zero-order valence-electron chi connectivity index (χ0n) is 14.1. The van der Waals surface area contributed by atoms with E-state index in [4.69, 9.17) is 5.73 Å². The number of anilines is 1. The first kappa shape index (κ1) is 18.4. The van der Waals surface area contributed by atoms with E-state index in [2.05, 4.69) is 25.1 Å². The average Bonchev–Trinajstić information content (AvgIpc) is 2.89. The van der Waals surface area contributed by atoms with Gasteiger partial charge in [-0.15, -0.1) is 11.3 Å². The Morgan fingerprint density at radius 3 is 2.40 bits per heavy atom. The van der Waals surface area contributed by atoms with Crippen LogP contribution in [0.5, 0.6) is 0 Å². The van der Waals surface area contributed by atoms with Crippen molar-refractivity contribution in [3.05, 3.63) is 70.6 Å². The molecule has 5 heteroatoms. The van der Waals surface area contributed by atoms with Crippen LogP contribution in [0.1, 0.15) is 37.5 Å². The minimum atomic E-state index is -0.568. The van der Waals surface area contributed by atoms with Crippen LogP contribution in [0.4, 0.5) is 5.00 Å². The molecule has 0 aliphatic carbocycles. The summed E-state index contributed by atoms with van der Waals surface area (Å²) >= 11 is 1.29. The van der Waals surface area contributed by atoms with Crippen molar-refractivity contribution in [3.63, 3.8) is 0 Å². The van der Waals surface area contributed by atoms with E-state index < -0.39 is 5.91 Å². The zero-order valence-corrected chi connectivity index (χ0v) is 14.9. The summed E-state index contributed by atoms with van der Waals surface area (Å²) in [6.07, 6.45) is 5.29. The summed E-state index contributed by atoms with van der Waals surface area (Å²) in [6.45, 7) is 13.0. The normalized spacial score (nSPS) is 10.1. The topological polar surface area (TPSA) is 72.2 Å². The van der Waals surface area contributed by atoms with Gasteiger partial charge in [0.15, 0.2) is 0 Å². The Kier molecular flexibility index (Phi) is 5.72. The number of carbonyl (C=O) groups is 2. The second-order valence-corrected chi connectivity index (χ2v) is 6.51. The van der Waals surface area contributed by atoms with Crippen LogP contribution in [0.25, 0.3) is 18.2 Å². The van der Waals surface area contributed by atoms with Crippen LogP contribution in [-0.4, -0.2) is 11.8 Å². The van der Waals surface area contributed by atoms with E-state index in [0.29, 0.717) is 10.6 Å². The highest BCUT2D eigenvalue weighted by Crippen LogP contribution is 2.33. The first-order valence-electron chi connectivity index (χ1n) is 7.64. The third-order valence-corrected chi connectivity index (χ3v) is 5.03. The summed E-state index contributed by atoms with van der Waals surface area (Å²) in [6, 6.07) is 5.66. The maximum Gasteiger partial charge on any atom is 0.251 e. The highest BCUT2D eigenvalue weighted by Gasteiger charge is 2.19. The smallest absolute Gasteiger partial charge is 0.251 e. The Morgan fingerprint density at radius 2 is 1.84 bits per heavy atom. The standard InChI is InChI=1S/C20H20N2O2S/c1-5-14-9-8-13(10-15(14)6-2)11-17(23)22-20-18(19(21)24)12(4)16(7-3)25-20/h5-10H,1-3,11H2,4H3,(H2,21,24)(H,22,23).